The first kappa shape index (κ1) is 16.1. The van der Waals surface area contributed by atoms with Crippen molar-refractivity contribution in [2.75, 3.05) is 6.54 Å². The van der Waals surface area contributed by atoms with Gasteiger partial charge in [-0.05, 0) is 12.1 Å². The van der Waals surface area contributed by atoms with Crippen molar-refractivity contribution in [2.45, 2.75) is 0 Å². The minimum absolute atomic E-state index is 0.159. The van der Waals surface area contributed by atoms with Crippen LogP contribution in [0.25, 0.3) is 0 Å². The highest BCUT2D eigenvalue weighted by Gasteiger charge is 2.17. The number of nitro groups is 1. The lowest BCUT2D eigenvalue weighted by atomic mass is 10.0. The van der Waals surface area contributed by atoms with Gasteiger partial charge >= 0.3 is 0 Å². The predicted octanol–water partition coefficient (Wildman–Crippen LogP) is 4.20. The highest BCUT2D eigenvalue weighted by molar-refractivity contribution is 6.37. The number of hydrogen-bond acceptors (Lipinski definition) is 4. The number of hydrogen-bond donors (Lipinski definition) is 0. The molecule has 0 unspecified atom stereocenters. The predicted molar refractivity (Wildman–Crippen MR) is 86.3 cm³/mol. The second-order valence-electron chi connectivity index (χ2n) is 4.31. The van der Waals surface area contributed by atoms with E-state index in [-0.39, 0.29) is 27.1 Å². The molecule has 0 fully saturated rings. The number of halogens is 2. The van der Waals surface area contributed by atoms with Gasteiger partial charge in [0.2, 0.25) is 6.54 Å². The lowest BCUT2D eigenvalue weighted by molar-refractivity contribution is -0.462. The number of ketones is 1. The molecule has 0 bridgehead atoms. The molecule has 0 N–H and O–H groups in total. The van der Waals surface area contributed by atoms with Crippen LogP contribution in [0.2, 0.25) is 10.0 Å². The fraction of sp³-hybridized carbons (Fsp3) is 0.0667. The van der Waals surface area contributed by atoms with Crippen LogP contribution in [-0.4, -0.2) is 23.5 Å². The van der Waals surface area contributed by atoms with Gasteiger partial charge in [0.05, 0.1) is 22.5 Å². The summed E-state index contributed by atoms with van der Waals surface area (Å²) in [4.78, 5) is 26.3. The van der Waals surface area contributed by atoms with Crippen LogP contribution in [0.5, 0.6) is 0 Å². The molecule has 0 heterocycles. The van der Waals surface area contributed by atoms with Gasteiger partial charge in [-0.25, -0.2) is 0 Å². The van der Waals surface area contributed by atoms with Crippen LogP contribution < -0.4 is 0 Å². The highest BCUT2D eigenvalue weighted by atomic mass is 35.5. The standard InChI is InChI=1S/C15H10Cl2N2O3/c16-11-8-12(15(20)10-4-2-1-3-5-10)14(13(17)9-11)18-6-7-19(21)22/h1-6,8-9H,7H2. The monoisotopic (exact) mass is 336 g/mol. The zero-order valence-corrected chi connectivity index (χ0v) is 12.7. The third-order valence-electron chi connectivity index (χ3n) is 2.76. The van der Waals surface area contributed by atoms with Gasteiger partial charge < -0.3 is 0 Å². The lowest BCUT2D eigenvalue weighted by Gasteiger charge is -2.08. The van der Waals surface area contributed by atoms with Crippen molar-refractivity contribution in [1.29, 1.82) is 0 Å². The molecule has 22 heavy (non-hydrogen) atoms. The molecule has 112 valence electrons. The summed E-state index contributed by atoms with van der Waals surface area (Å²) in [7, 11) is 0. The van der Waals surface area contributed by atoms with E-state index in [1.54, 1.807) is 30.3 Å². The minimum atomic E-state index is -0.536. The largest absolute Gasteiger partial charge is 0.289 e. The van der Waals surface area contributed by atoms with Gasteiger partial charge in [-0.1, -0.05) is 53.5 Å². The third kappa shape index (κ3) is 3.90. The fourth-order valence-electron chi connectivity index (χ4n) is 1.81. The summed E-state index contributed by atoms with van der Waals surface area (Å²) in [6, 6.07) is 11.4. The van der Waals surface area contributed by atoms with E-state index in [0.717, 1.165) is 6.21 Å². The molecule has 0 aromatic heterocycles. The van der Waals surface area contributed by atoms with Gasteiger partial charge in [0.15, 0.2) is 5.78 Å². The van der Waals surface area contributed by atoms with Crippen LogP contribution in [0.15, 0.2) is 47.5 Å². The number of aliphatic imine (C=N–C) groups is 1. The van der Waals surface area contributed by atoms with Gasteiger partial charge in [-0.3, -0.25) is 19.9 Å². The van der Waals surface area contributed by atoms with E-state index in [1.165, 1.54) is 12.1 Å². The topological polar surface area (TPSA) is 72.6 Å². The Morgan fingerprint density at radius 3 is 2.55 bits per heavy atom. The number of nitrogens with zero attached hydrogens (tertiary/aromatic N) is 2. The average molecular weight is 337 g/mol. The molecule has 0 saturated carbocycles. The molecule has 7 heteroatoms. The number of carbonyl (C=O) groups excluding carboxylic acids is 1. The molecular formula is C15H10Cl2N2O3. The van der Waals surface area contributed by atoms with Crippen LogP contribution in [0.4, 0.5) is 5.69 Å². The molecule has 0 aliphatic carbocycles. The van der Waals surface area contributed by atoms with Crippen molar-refractivity contribution in [3.63, 3.8) is 0 Å². The Balaban J connectivity index is 2.47. The van der Waals surface area contributed by atoms with Gasteiger partial charge in [0.25, 0.3) is 0 Å². The lowest BCUT2D eigenvalue weighted by Crippen LogP contribution is -2.04. The molecule has 2 aromatic carbocycles. The second-order valence-corrected chi connectivity index (χ2v) is 5.15. The van der Waals surface area contributed by atoms with E-state index in [9.17, 15) is 14.9 Å². The Morgan fingerprint density at radius 2 is 1.91 bits per heavy atom. The van der Waals surface area contributed by atoms with E-state index in [0.29, 0.717) is 5.56 Å². The molecule has 0 atom stereocenters. The minimum Gasteiger partial charge on any atom is -0.289 e. The molecule has 0 saturated heterocycles. The van der Waals surface area contributed by atoms with Crippen molar-refractivity contribution >= 4 is 40.9 Å². The van der Waals surface area contributed by atoms with Crippen LogP contribution in [0.1, 0.15) is 15.9 Å². The summed E-state index contributed by atoms with van der Waals surface area (Å²) in [5.41, 5.74) is 0.816. The summed E-state index contributed by atoms with van der Waals surface area (Å²) in [6.07, 6.45) is 1.09. The molecule has 0 aliphatic rings. The molecular weight excluding hydrogens is 327 g/mol. The van der Waals surface area contributed by atoms with Gasteiger partial charge in [0, 0.05) is 15.5 Å². The fourth-order valence-corrected chi connectivity index (χ4v) is 2.36. The third-order valence-corrected chi connectivity index (χ3v) is 3.27. The highest BCUT2D eigenvalue weighted by Crippen LogP contribution is 2.33. The Labute approximate surface area is 136 Å². The second kappa shape index (κ2) is 7.15. The Morgan fingerprint density at radius 1 is 1.23 bits per heavy atom. The van der Waals surface area contributed by atoms with Crippen molar-refractivity contribution in [2.24, 2.45) is 4.99 Å². The number of benzene rings is 2. The van der Waals surface area contributed by atoms with Crippen LogP contribution in [-0.2, 0) is 0 Å². The number of carbonyl (C=O) groups is 1. The summed E-state index contributed by atoms with van der Waals surface area (Å²) in [6.45, 7) is -0.460. The molecule has 2 aromatic rings. The maximum absolute atomic E-state index is 12.5. The van der Waals surface area contributed by atoms with Crippen LogP contribution in [0, 0.1) is 10.1 Å². The Bertz CT molecular complexity index is 746. The molecule has 0 amide bonds. The SMILES string of the molecule is O=C(c1ccccc1)c1cc(Cl)cc(Cl)c1N=CC[N+](=O)[O-]. The van der Waals surface area contributed by atoms with Crippen molar-refractivity contribution in [3.05, 3.63) is 73.8 Å². The molecule has 0 aliphatic heterocycles. The van der Waals surface area contributed by atoms with E-state index < -0.39 is 11.5 Å². The van der Waals surface area contributed by atoms with Gasteiger partial charge in [-0.2, -0.15) is 0 Å². The zero-order chi connectivity index (χ0) is 16.1. The first-order valence-electron chi connectivity index (χ1n) is 6.22. The van der Waals surface area contributed by atoms with E-state index in [1.807, 2.05) is 0 Å². The first-order chi connectivity index (χ1) is 10.5. The van der Waals surface area contributed by atoms with Crippen LogP contribution in [0.3, 0.4) is 0 Å². The van der Waals surface area contributed by atoms with E-state index >= 15 is 0 Å². The molecule has 0 spiro atoms. The van der Waals surface area contributed by atoms with Crippen molar-refractivity contribution < 1.29 is 9.72 Å². The molecule has 2 rings (SSSR count). The van der Waals surface area contributed by atoms with Crippen LogP contribution >= 0.6 is 23.2 Å². The summed E-state index contributed by atoms with van der Waals surface area (Å²) < 4.78 is 0. The smallest absolute Gasteiger partial charge is 0.238 e. The van der Waals surface area contributed by atoms with Gasteiger partial charge in [0.1, 0.15) is 0 Å². The number of rotatable bonds is 5. The maximum Gasteiger partial charge on any atom is 0.238 e. The van der Waals surface area contributed by atoms with Crippen molar-refractivity contribution in [1.82, 2.24) is 0 Å². The molecule has 5 nitrogen and oxygen atoms in total. The zero-order valence-electron chi connectivity index (χ0n) is 11.2. The van der Waals surface area contributed by atoms with Gasteiger partial charge in [-0.15, -0.1) is 0 Å². The summed E-state index contributed by atoms with van der Waals surface area (Å²) in [5, 5.41) is 10.8. The average Bonchev–Trinajstić information content (AvgIpc) is 2.49. The summed E-state index contributed by atoms with van der Waals surface area (Å²) in [5.74, 6) is -0.307. The maximum atomic E-state index is 12.5. The van der Waals surface area contributed by atoms with Crippen molar-refractivity contribution in [3.8, 4) is 0 Å². The first-order valence-corrected chi connectivity index (χ1v) is 6.97. The normalized spacial score (nSPS) is 10.8. The Hall–Kier alpha value is -2.24. The van der Waals surface area contributed by atoms with E-state index in [4.69, 9.17) is 23.2 Å². The Kier molecular flexibility index (Phi) is 5.25. The molecule has 0 radical (unpaired) electrons. The van der Waals surface area contributed by atoms with E-state index in [2.05, 4.69) is 4.99 Å². The summed E-state index contributed by atoms with van der Waals surface area (Å²) >= 11 is 12.0. The quantitative estimate of drug-likeness (QED) is 0.355.